The fraction of sp³-hybridized carbons (Fsp3) is 0.167. The Hall–Kier alpha value is -2.84. The number of aromatic nitrogens is 3. The third-order valence-corrected chi connectivity index (χ3v) is 4.32. The van der Waals surface area contributed by atoms with Crippen molar-refractivity contribution in [3.05, 3.63) is 80.9 Å². The van der Waals surface area contributed by atoms with Crippen molar-refractivity contribution in [3.63, 3.8) is 0 Å². The smallest absolute Gasteiger partial charge is 0.272 e. The van der Waals surface area contributed by atoms with Gasteiger partial charge in [0.25, 0.3) is 5.56 Å². The van der Waals surface area contributed by atoms with Crippen molar-refractivity contribution >= 4 is 11.6 Å². The largest absolute Gasteiger partial charge is 0.293 e. The number of halogens is 1. The molecule has 0 bridgehead atoms. The summed E-state index contributed by atoms with van der Waals surface area (Å²) >= 11 is 5.95. The van der Waals surface area contributed by atoms with Crippen molar-refractivity contribution < 1.29 is 0 Å². The number of nitrogens with one attached hydrogen (secondary N) is 1. The molecule has 0 aliphatic rings. The van der Waals surface area contributed by atoms with Crippen molar-refractivity contribution in [1.82, 2.24) is 14.8 Å². The number of hydrogen-bond donors (Lipinski definition) is 1. The predicted octanol–water partition coefficient (Wildman–Crippen LogP) is 3.41. The molecule has 3 aromatic rings. The SMILES string of the molecule is CC(C)(c1ccc(Cl)cc1)c1cc(=O)n(-c2cc(C#N)ccn2)[nH]1. The second-order valence-corrected chi connectivity index (χ2v) is 6.43. The lowest BCUT2D eigenvalue weighted by Crippen LogP contribution is -2.20. The second kappa shape index (κ2) is 5.99. The first-order valence-corrected chi connectivity index (χ1v) is 7.75. The Morgan fingerprint density at radius 2 is 1.92 bits per heavy atom. The van der Waals surface area contributed by atoms with Gasteiger partial charge < -0.3 is 0 Å². The highest BCUT2D eigenvalue weighted by Gasteiger charge is 2.26. The molecule has 2 heterocycles. The van der Waals surface area contributed by atoms with Crippen LogP contribution in [0.25, 0.3) is 5.82 Å². The van der Waals surface area contributed by atoms with E-state index < -0.39 is 5.41 Å². The molecule has 3 rings (SSSR count). The summed E-state index contributed by atoms with van der Waals surface area (Å²) in [5.74, 6) is 0.386. The summed E-state index contributed by atoms with van der Waals surface area (Å²) in [4.78, 5) is 16.5. The minimum Gasteiger partial charge on any atom is -0.293 e. The lowest BCUT2D eigenvalue weighted by atomic mass is 9.82. The highest BCUT2D eigenvalue weighted by Crippen LogP contribution is 2.30. The summed E-state index contributed by atoms with van der Waals surface area (Å²) in [5.41, 5.74) is 1.58. The number of hydrogen-bond acceptors (Lipinski definition) is 3. The van der Waals surface area contributed by atoms with Crippen LogP contribution in [-0.2, 0) is 5.41 Å². The van der Waals surface area contributed by atoms with E-state index >= 15 is 0 Å². The highest BCUT2D eigenvalue weighted by molar-refractivity contribution is 6.30. The Labute approximate surface area is 144 Å². The molecule has 0 atom stereocenters. The first-order chi connectivity index (χ1) is 11.4. The van der Waals surface area contributed by atoms with Gasteiger partial charge in [0.15, 0.2) is 5.82 Å². The minimum absolute atomic E-state index is 0.227. The molecule has 1 N–H and O–H groups in total. The third-order valence-electron chi connectivity index (χ3n) is 4.06. The fourth-order valence-electron chi connectivity index (χ4n) is 2.52. The molecule has 0 radical (unpaired) electrons. The molecule has 24 heavy (non-hydrogen) atoms. The van der Waals surface area contributed by atoms with Crippen LogP contribution < -0.4 is 5.56 Å². The predicted molar refractivity (Wildman–Crippen MR) is 92.5 cm³/mol. The van der Waals surface area contributed by atoms with Gasteiger partial charge in [-0.3, -0.25) is 9.89 Å². The standard InChI is InChI=1S/C18H15ClN4O/c1-18(2,13-3-5-14(19)6-4-13)15-10-17(24)23(22-15)16-9-12(11-20)7-8-21-16/h3-10,22H,1-2H3. The Morgan fingerprint density at radius 1 is 1.21 bits per heavy atom. The molecule has 0 saturated carbocycles. The molecule has 0 unspecified atom stereocenters. The quantitative estimate of drug-likeness (QED) is 0.795. The maximum absolute atomic E-state index is 12.4. The first-order valence-electron chi connectivity index (χ1n) is 7.37. The van der Waals surface area contributed by atoms with Gasteiger partial charge in [-0.25, -0.2) is 9.67 Å². The molecule has 0 fully saturated rings. The van der Waals surface area contributed by atoms with Gasteiger partial charge in [-0.1, -0.05) is 37.6 Å². The molecule has 0 amide bonds. The average Bonchev–Trinajstić information content (AvgIpc) is 2.98. The van der Waals surface area contributed by atoms with Gasteiger partial charge in [-0.05, 0) is 23.8 Å². The normalized spacial score (nSPS) is 11.2. The van der Waals surface area contributed by atoms with Crippen molar-refractivity contribution in [3.8, 4) is 11.9 Å². The molecule has 0 aliphatic carbocycles. The monoisotopic (exact) mass is 338 g/mol. The zero-order valence-electron chi connectivity index (χ0n) is 13.2. The van der Waals surface area contributed by atoms with Crippen LogP contribution in [0.15, 0.2) is 53.5 Å². The zero-order chi connectivity index (χ0) is 17.3. The molecule has 1 aromatic carbocycles. The summed E-state index contributed by atoms with van der Waals surface area (Å²) in [6, 6.07) is 14.3. The van der Waals surface area contributed by atoms with Crippen LogP contribution >= 0.6 is 11.6 Å². The van der Waals surface area contributed by atoms with Crippen LogP contribution in [0.5, 0.6) is 0 Å². The Balaban J connectivity index is 2.06. The van der Waals surface area contributed by atoms with Crippen LogP contribution in [0.3, 0.4) is 0 Å². The average molecular weight is 339 g/mol. The van der Waals surface area contributed by atoms with Crippen LogP contribution in [0.1, 0.15) is 30.7 Å². The summed E-state index contributed by atoms with van der Waals surface area (Å²) < 4.78 is 1.34. The number of rotatable bonds is 3. The number of nitrogens with zero attached hydrogens (tertiary/aromatic N) is 3. The molecular formula is C18H15ClN4O. The van der Waals surface area contributed by atoms with Gasteiger partial charge in [0.05, 0.1) is 11.6 Å². The van der Waals surface area contributed by atoms with E-state index in [0.717, 1.165) is 11.3 Å². The third kappa shape index (κ3) is 2.84. The lowest BCUT2D eigenvalue weighted by Gasteiger charge is -2.23. The zero-order valence-corrected chi connectivity index (χ0v) is 14.0. The number of pyridine rings is 1. The molecule has 2 aromatic heterocycles. The topological polar surface area (TPSA) is 74.5 Å². The van der Waals surface area contributed by atoms with Crippen molar-refractivity contribution in [2.45, 2.75) is 19.3 Å². The van der Waals surface area contributed by atoms with Crippen LogP contribution in [0.4, 0.5) is 0 Å². The van der Waals surface area contributed by atoms with E-state index in [9.17, 15) is 4.79 Å². The van der Waals surface area contributed by atoms with E-state index in [1.54, 1.807) is 18.2 Å². The van der Waals surface area contributed by atoms with Gasteiger partial charge in [0, 0.05) is 34.5 Å². The lowest BCUT2D eigenvalue weighted by molar-refractivity contribution is 0.603. The molecule has 6 heteroatoms. The molecule has 5 nitrogen and oxygen atoms in total. The van der Waals surface area contributed by atoms with E-state index in [1.165, 1.54) is 10.9 Å². The molecular weight excluding hydrogens is 324 g/mol. The Bertz CT molecular complexity index is 977. The van der Waals surface area contributed by atoms with Crippen LogP contribution in [0, 0.1) is 11.3 Å². The maximum atomic E-state index is 12.4. The summed E-state index contributed by atoms with van der Waals surface area (Å²) in [7, 11) is 0. The van der Waals surface area contributed by atoms with Crippen molar-refractivity contribution in [1.29, 1.82) is 5.26 Å². The number of aromatic amines is 1. The van der Waals surface area contributed by atoms with Crippen LogP contribution in [-0.4, -0.2) is 14.8 Å². The first kappa shape index (κ1) is 16.0. The minimum atomic E-state index is -0.415. The maximum Gasteiger partial charge on any atom is 0.272 e. The molecule has 0 saturated heterocycles. The molecule has 120 valence electrons. The van der Waals surface area contributed by atoms with Crippen molar-refractivity contribution in [2.75, 3.05) is 0 Å². The van der Waals surface area contributed by atoms with Gasteiger partial charge in [0.1, 0.15) is 0 Å². The van der Waals surface area contributed by atoms with E-state index in [2.05, 4.69) is 10.1 Å². The van der Waals surface area contributed by atoms with Crippen molar-refractivity contribution in [2.24, 2.45) is 0 Å². The van der Waals surface area contributed by atoms with Gasteiger partial charge >= 0.3 is 0 Å². The van der Waals surface area contributed by atoms with E-state index in [4.69, 9.17) is 16.9 Å². The Kier molecular flexibility index (Phi) is 4.00. The van der Waals surface area contributed by atoms with E-state index in [-0.39, 0.29) is 5.56 Å². The van der Waals surface area contributed by atoms with Crippen LogP contribution in [0.2, 0.25) is 5.02 Å². The molecule has 0 aliphatic heterocycles. The molecule has 0 spiro atoms. The number of H-pyrrole nitrogens is 1. The second-order valence-electron chi connectivity index (χ2n) is 5.99. The number of nitriles is 1. The Morgan fingerprint density at radius 3 is 2.58 bits per heavy atom. The highest BCUT2D eigenvalue weighted by atomic mass is 35.5. The van der Waals surface area contributed by atoms with Gasteiger partial charge in [-0.2, -0.15) is 5.26 Å². The van der Waals surface area contributed by atoms with E-state index in [0.29, 0.717) is 16.4 Å². The summed E-state index contributed by atoms with van der Waals surface area (Å²) in [5, 5.41) is 12.8. The van der Waals surface area contributed by atoms with E-state index in [1.807, 2.05) is 44.2 Å². The van der Waals surface area contributed by atoms with Gasteiger partial charge in [0.2, 0.25) is 0 Å². The summed E-state index contributed by atoms with van der Waals surface area (Å²) in [6.07, 6.45) is 1.51. The van der Waals surface area contributed by atoms with Gasteiger partial charge in [-0.15, -0.1) is 0 Å². The fourth-order valence-corrected chi connectivity index (χ4v) is 2.64. The summed E-state index contributed by atoms with van der Waals surface area (Å²) in [6.45, 7) is 4.04. The number of benzene rings is 1.